The van der Waals surface area contributed by atoms with Crippen molar-refractivity contribution in [3.05, 3.63) is 59.3 Å². The summed E-state index contributed by atoms with van der Waals surface area (Å²) in [6.07, 6.45) is 6.46. The smallest absolute Gasteiger partial charge is 0.203 e. The average molecular weight is 476 g/mol. The molecule has 2 aromatic heterocycles. The van der Waals surface area contributed by atoms with Gasteiger partial charge in [0.2, 0.25) is 5.62 Å². The molecule has 176 valence electrons. The van der Waals surface area contributed by atoms with Crippen LogP contribution >= 0.6 is 11.6 Å². The Morgan fingerprint density at radius 2 is 1.62 bits per heavy atom. The van der Waals surface area contributed by atoms with E-state index in [1.807, 2.05) is 29.9 Å². The van der Waals surface area contributed by atoms with E-state index < -0.39 is 0 Å². The van der Waals surface area contributed by atoms with Crippen LogP contribution in [0.5, 0.6) is 0 Å². The molecular weight excluding hydrogens is 446 g/mol. The van der Waals surface area contributed by atoms with E-state index in [1.54, 1.807) is 0 Å². The maximum Gasteiger partial charge on any atom is 0.203 e. The Bertz CT molecular complexity index is 1390. The van der Waals surface area contributed by atoms with Gasteiger partial charge in [-0.1, -0.05) is 29.8 Å². The number of hydrogen-bond donors (Lipinski definition) is 1. The van der Waals surface area contributed by atoms with Crippen molar-refractivity contribution < 1.29 is 4.74 Å². The molecular formula is C27H30ClN5O. The molecule has 2 aliphatic rings. The molecule has 0 amide bonds. The van der Waals surface area contributed by atoms with Crippen molar-refractivity contribution in [2.75, 3.05) is 26.3 Å². The SMILES string of the molecule is Cn1c(=N)n([C@H]2CC[C@@H](N3CCOCC3)CC2)c2c3cc(-c4ccc(Cl)cc4)ccc3ncc21. The molecule has 6 nitrogen and oxygen atoms in total. The predicted molar refractivity (Wildman–Crippen MR) is 136 cm³/mol. The Kier molecular flexibility index (Phi) is 5.68. The number of nitrogens with zero attached hydrogens (tertiary/aromatic N) is 4. The second-order valence-electron chi connectivity index (χ2n) is 9.59. The number of halogens is 1. The van der Waals surface area contributed by atoms with E-state index in [0.717, 1.165) is 77.2 Å². The number of fused-ring (bicyclic) bond motifs is 3. The number of rotatable bonds is 3. The first-order valence-corrected chi connectivity index (χ1v) is 12.6. The van der Waals surface area contributed by atoms with E-state index in [9.17, 15) is 0 Å². The van der Waals surface area contributed by atoms with Gasteiger partial charge in [-0.05, 0) is 61.1 Å². The van der Waals surface area contributed by atoms with Gasteiger partial charge in [0.25, 0.3) is 0 Å². The average Bonchev–Trinajstić information content (AvgIpc) is 3.15. The summed E-state index contributed by atoms with van der Waals surface area (Å²) in [6.45, 7) is 3.79. The number of pyridine rings is 1. The Labute approximate surface area is 204 Å². The molecule has 1 saturated carbocycles. The Hall–Kier alpha value is -2.67. The van der Waals surface area contributed by atoms with E-state index in [-0.39, 0.29) is 0 Å². The quantitative estimate of drug-likeness (QED) is 0.446. The summed E-state index contributed by atoms with van der Waals surface area (Å²) in [6, 6.07) is 15.4. The van der Waals surface area contributed by atoms with E-state index in [0.29, 0.717) is 17.7 Å². The molecule has 0 unspecified atom stereocenters. The molecule has 1 aliphatic carbocycles. The zero-order chi connectivity index (χ0) is 23.2. The van der Waals surface area contributed by atoms with Gasteiger partial charge in [0.15, 0.2) is 0 Å². The molecule has 2 aromatic carbocycles. The highest BCUT2D eigenvalue weighted by Gasteiger charge is 2.29. The summed E-state index contributed by atoms with van der Waals surface area (Å²) < 4.78 is 9.81. The van der Waals surface area contributed by atoms with E-state index in [4.69, 9.17) is 26.7 Å². The first-order chi connectivity index (χ1) is 16.6. The van der Waals surface area contributed by atoms with Crippen LogP contribution in [-0.2, 0) is 11.8 Å². The lowest BCUT2D eigenvalue weighted by molar-refractivity contribution is 0.00543. The summed E-state index contributed by atoms with van der Waals surface area (Å²) >= 11 is 6.11. The summed E-state index contributed by atoms with van der Waals surface area (Å²) in [5, 5.41) is 10.8. The highest BCUT2D eigenvalue weighted by atomic mass is 35.5. The molecule has 1 N–H and O–H groups in total. The van der Waals surface area contributed by atoms with Gasteiger partial charge in [0.1, 0.15) is 0 Å². The fraction of sp³-hybridized carbons (Fsp3) is 0.407. The van der Waals surface area contributed by atoms with E-state index >= 15 is 0 Å². The number of nitrogens with one attached hydrogen (secondary N) is 1. The fourth-order valence-corrected chi connectivity index (χ4v) is 5.98. The zero-order valence-corrected chi connectivity index (χ0v) is 20.3. The molecule has 0 atom stereocenters. The van der Waals surface area contributed by atoms with Crippen LogP contribution in [-0.4, -0.2) is 51.4 Å². The molecule has 4 aromatic rings. The van der Waals surface area contributed by atoms with Crippen LogP contribution < -0.4 is 5.62 Å². The molecule has 2 fully saturated rings. The first kappa shape index (κ1) is 21.8. The summed E-state index contributed by atoms with van der Waals surface area (Å²) in [7, 11) is 1.98. The Morgan fingerprint density at radius 3 is 2.35 bits per heavy atom. The van der Waals surface area contributed by atoms with Gasteiger partial charge in [0, 0.05) is 42.6 Å². The second-order valence-corrected chi connectivity index (χ2v) is 10.0. The van der Waals surface area contributed by atoms with Gasteiger partial charge < -0.3 is 13.9 Å². The molecule has 0 spiro atoms. The third-order valence-electron chi connectivity index (χ3n) is 7.74. The minimum Gasteiger partial charge on any atom is -0.379 e. The third-order valence-corrected chi connectivity index (χ3v) is 7.99. The molecule has 6 rings (SSSR count). The first-order valence-electron chi connectivity index (χ1n) is 12.2. The van der Waals surface area contributed by atoms with Crippen LogP contribution in [0.25, 0.3) is 33.1 Å². The largest absolute Gasteiger partial charge is 0.379 e. The predicted octanol–water partition coefficient (Wildman–Crippen LogP) is 5.14. The number of aromatic nitrogens is 3. The van der Waals surface area contributed by atoms with Crippen LogP contribution in [0.2, 0.25) is 5.02 Å². The van der Waals surface area contributed by atoms with Crippen molar-refractivity contribution in [2.45, 2.75) is 37.8 Å². The summed E-state index contributed by atoms with van der Waals surface area (Å²) in [4.78, 5) is 7.34. The molecule has 7 heteroatoms. The second kappa shape index (κ2) is 8.84. The van der Waals surface area contributed by atoms with Crippen LogP contribution in [0.1, 0.15) is 31.7 Å². The molecule has 3 heterocycles. The summed E-state index contributed by atoms with van der Waals surface area (Å²) in [5.41, 5.74) is 5.92. The molecule has 1 aliphatic heterocycles. The lowest BCUT2D eigenvalue weighted by Crippen LogP contribution is -2.45. The van der Waals surface area contributed by atoms with E-state index in [2.05, 4.69) is 39.8 Å². The van der Waals surface area contributed by atoms with Gasteiger partial charge in [-0.15, -0.1) is 0 Å². The maximum absolute atomic E-state index is 8.98. The normalized spacial score (nSPS) is 21.9. The van der Waals surface area contributed by atoms with Crippen molar-refractivity contribution in [1.29, 1.82) is 5.41 Å². The van der Waals surface area contributed by atoms with Gasteiger partial charge >= 0.3 is 0 Å². The third kappa shape index (κ3) is 3.74. The van der Waals surface area contributed by atoms with Gasteiger partial charge in [-0.2, -0.15) is 0 Å². The number of ether oxygens (including phenoxy) is 1. The lowest BCUT2D eigenvalue weighted by Gasteiger charge is -2.39. The number of hydrogen-bond acceptors (Lipinski definition) is 4. The van der Waals surface area contributed by atoms with Crippen LogP contribution in [0.15, 0.2) is 48.7 Å². The minimum absolute atomic E-state index is 0.332. The number of aryl methyl sites for hydroxylation is 1. The molecule has 34 heavy (non-hydrogen) atoms. The van der Waals surface area contributed by atoms with Gasteiger partial charge in [-0.3, -0.25) is 15.3 Å². The number of morpholine rings is 1. The monoisotopic (exact) mass is 475 g/mol. The van der Waals surface area contributed by atoms with E-state index in [1.165, 1.54) is 12.8 Å². The molecule has 0 bridgehead atoms. The molecule has 1 saturated heterocycles. The maximum atomic E-state index is 8.98. The topological polar surface area (TPSA) is 59.1 Å². The summed E-state index contributed by atoms with van der Waals surface area (Å²) in [5.74, 6) is 0. The van der Waals surface area contributed by atoms with Gasteiger partial charge in [0.05, 0.1) is 36.0 Å². The van der Waals surface area contributed by atoms with Crippen LogP contribution in [0.3, 0.4) is 0 Å². The van der Waals surface area contributed by atoms with Crippen molar-refractivity contribution in [1.82, 2.24) is 19.0 Å². The van der Waals surface area contributed by atoms with Gasteiger partial charge in [-0.25, -0.2) is 0 Å². The fourth-order valence-electron chi connectivity index (χ4n) is 5.85. The number of imidazole rings is 1. The van der Waals surface area contributed by atoms with Crippen molar-refractivity contribution >= 4 is 33.5 Å². The standard InChI is InChI=1S/C27H30ClN5O/c1-31-25-17-30-24-11-4-19(18-2-5-20(28)6-3-18)16-23(24)26(25)33(27(31)29)22-9-7-21(8-10-22)32-12-14-34-15-13-32/h2-6,11,16-17,21-22,29H,7-10,12-15H2,1H3/t21-,22+. The highest BCUT2D eigenvalue weighted by Crippen LogP contribution is 2.35. The molecule has 0 radical (unpaired) electrons. The Balaban J connectivity index is 1.41. The Morgan fingerprint density at radius 1 is 0.941 bits per heavy atom. The zero-order valence-electron chi connectivity index (χ0n) is 19.5. The van der Waals surface area contributed by atoms with Crippen molar-refractivity contribution in [3.8, 4) is 11.1 Å². The van der Waals surface area contributed by atoms with Crippen molar-refractivity contribution in [2.24, 2.45) is 7.05 Å². The lowest BCUT2D eigenvalue weighted by atomic mass is 9.89. The van der Waals surface area contributed by atoms with Crippen molar-refractivity contribution in [3.63, 3.8) is 0 Å². The van der Waals surface area contributed by atoms with Crippen LogP contribution in [0.4, 0.5) is 0 Å². The van der Waals surface area contributed by atoms with Crippen LogP contribution in [0, 0.1) is 5.41 Å². The minimum atomic E-state index is 0.332. The highest BCUT2D eigenvalue weighted by molar-refractivity contribution is 6.30. The number of benzene rings is 2.